The molecule has 0 spiro atoms. The van der Waals surface area contributed by atoms with E-state index in [2.05, 4.69) is 20.6 Å². The van der Waals surface area contributed by atoms with Crippen LogP contribution in [0.25, 0.3) is 11.2 Å². The van der Waals surface area contributed by atoms with Crippen LogP contribution in [0.15, 0.2) is 41.6 Å². The van der Waals surface area contributed by atoms with E-state index in [0.717, 1.165) is 59.8 Å². The maximum atomic E-state index is 14.3. The summed E-state index contributed by atoms with van der Waals surface area (Å²) < 4.78 is 28.1. The monoisotopic (exact) mass is 563 g/mol. The van der Waals surface area contributed by atoms with Crippen LogP contribution >= 0.6 is 11.6 Å². The quantitative estimate of drug-likeness (QED) is 0.191. The fourth-order valence-corrected chi connectivity index (χ4v) is 5.31. The third-order valence-corrected chi connectivity index (χ3v) is 7.84. The highest BCUT2D eigenvalue weighted by Gasteiger charge is 2.26. The van der Waals surface area contributed by atoms with E-state index >= 15 is 0 Å². The minimum Gasteiger partial charge on any atom is -0.472 e. The number of aromatic nitrogens is 4. The van der Waals surface area contributed by atoms with Crippen LogP contribution in [0.4, 0.5) is 4.39 Å². The lowest BCUT2D eigenvalue weighted by atomic mass is 10.0. The summed E-state index contributed by atoms with van der Waals surface area (Å²) in [6.07, 6.45) is 3.86. The van der Waals surface area contributed by atoms with Crippen molar-refractivity contribution in [2.75, 3.05) is 13.2 Å². The smallest absolute Gasteiger partial charge is 0.216 e. The van der Waals surface area contributed by atoms with Crippen LogP contribution in [-0.2, 0) is 37.4 Å². The van der Waals surface area contributed by atoms with Gasteiger partial charge < -0.3 is 19.9 Å². The van der Waals surface area contributed by atoms with Crippen LogP contribution in [0.5, 0.6) is 5.88 Å². The summed E-state index contributed by atoms with van der Waals surface area (Å²) in [6.45, 7) is 7.58. The van der Waals surface area contributed by atoms with Crippen molar-refractivity contribution in [2.45, 2.75) is 59.0 Å². The van der Waals surface area contributed by atoms with E-state index in [1.54, 1.807) is 18.3 Å². The average Bonchev–Trinajstić information content (AvgIpc) is 3.25. The molecule has 0 saturated carbocycles. The Bertz CT molecular complexity index is 1600. The average molecular weight is 564 g/mol. The molecule has 1 aromatic carbocycles. The van der Waals surface area contributed by atoms with Gasteiger partial charge in [0, 0.05) is 47.6 Å². The van der Waals surface area contributed by atoms with E-state index in [-0.39, 0.29) is 12.7 Å². The molecule has 4 aromatic rings. The van der Waals surface area contributed by atoms with Crippen molar-refractivity contribution in [3.8, 4) is 5.88 Å². The van der Waals surface area contributed by atoms with Gasteiger partial charge in [-0.3, -0.25) is 4.90 Å². The van der Waals surface area contributed by atoms with Crippen LogP contribution in [0.1, 0.15) is 47.1 Å². The third-order valence-electron chi connectivity index (χ3n) is 7.61. The number of pyridine rings is 2. The van der Waals surface area contributed by atoms with Gasteiger partial charge in [-0.2, -0.15) is 5.10 Å². The van der Waals surface area contributed by atoms with Crippen molar-refractivity contribution >= 4 is 28.5 Å². The minimum atomic E-state index is -0.392. The first kappa shape index (κ1) is 26.6. The highest BCUT2D eigenvalue weighted by Crippen LogP contribution is 2.27. The first-order chi connectivity index (χ1) is 19.4. The number of rotatable bonds is 8. The van der Waals surface area contributed by atoms with Gasteiger partial charge >= 0.3 is 0 Å². The normalized spacial score (nSPS) is 17.6. The van der Waals surface area contributed by atoms with Crippen LogP contribution in [-0.4, -0.2) is 49.4 Å². The Hall–Kier alpha value is -3.60. The minimum absolute atomic E-state index is 0.0793. The molecular formula is C29H31ClFN7O2. The van der Waals surface area contributed by atoms with Gasteiger partial charge in [0.05, 0.1) is 30.6 Å². The zero-order valence-corrected chi connectivity index (χ0v) is 23.3. The summed E-state index contributed by atoms with van der Waals surface area (Å²) in [5.74, 6) is 6.55. The SMILES string of the molecule is C/C(=N\N)c1cnc2c(c1)nc(CN1CCc3cc(C)c(OCc4ccc(Cl)cc4F)nc3C1)n2C[C@@H]1CCO1. The summed E-state index contributed by atoms with van der Waals surface area (Å²) in [5.41, 5.74) is 6.73. The molecule has 40 heavy (non-hydrogen) atoms. The molecule has 1 fully saturated rings. The lowest BCUT2D eigenvalue weighted by Crippen LogP contribution is -2.34. The second-order valence-corrected chi connectivity index (χ2v) is 10.8. The zero-order chi connectivity index (χ0) is 27.8. The largest absolute Gasteiger partial charge is 0.472 e. The molecule has 2 aliphatic rings. The van der Waals surface area contributed by atoms with E-state index in [1.165, 1.54) is 11.6 Å². The molecule has 11 heteroatoms. The molecule has 0 amide bonds. The summed E-state index contributed by atoms with van der Waals surface area (Å²) in [6, 6.07) is 8.69. The Kier molecular flexibility index (Phi) is 7.39. The Labute approximate surface area is 236 Å². The summed E-state index contributed by atoms with van der Waals surface area (Å²) >= 11 is 5.88. The van der Waals surface area contributed by atoms with Crippen molar-refractivity contribution in [1.82, 2.24) is 24.4 Å². The maximum absolute atomic E-state index is 14.3. The van der Waals surface area contributed by atoms with Crippen LogP contribution in [0.2, 0.25) is 5.02 Å². The first-order valence-electron chi connectivity index (χ1n) is 13.4. The number of aryl methyl sites for hydroxylation is 1. The maximum Gasteiger partial charge on any atom is 0.216 e. The number of nitrogens with two attached hydrogens (primary N) is 1. The van der Waals surface area contributed by atoms with E-state index < -0.39 is 5.82 Å². The lowest BCUT2D eigenvalue weighted by Gasteiger charge is -2.30. The highest BCUT2D eigenvalue weighted by molar-refractivity contribution is 6.30. The fourth-order valence-electron chi connectivity index (χ4n) is 5.15. The summed E-state index contributed by atoms with van der Waals surface area (Å²) in [7, 11) is 0. The molecule has 3 aromatic heterocycles. The predicted octanol–water partition coefficient (Wildman–Crippen LogP) is 4.54. The molecule has 208 valence electrons. The molecule has 0 radical (unpaired) electrons. The zero-order valence-electron chi connectivity index (χ0n) is 22.5. The molecular weight excluding hydrogens is 533 g/mol. The van der Waals surface area contributed by atoms with Gasteiger partial charge in [-0.15, -0.1) is 0 Å². The lowest BCUT2D eigenvalue weighted by molar-refractivity contribution is -0.0592. The van der Waals surface area contributed by atoms with E-state index in [0.29, 0.717) is 41.8 Å². The number of halogens is 2. The molecule has 1 saturated heterocycles. The van der Waals surface area contributed by atoms with E-state index in [1.807, 2.05) is 19.9 Å². The topological polar surface area (TPSA) is 104 Å². The fraction of sp³-hybridized carbons (Fsp3) is 0.379. The number of nitrogens with zero attached hydrogens (tertiary/aromatic N) is 6. The standard InChI is InChI=1S/C29H31ClFN7O2/c1-17-9-19-5-7-37(14-26(19)35-29(17)40-16-20-3-4-22(30)11-24(20)31)15-27-34-25-10-21(18(2)36-32)12-33-28(25)38(27)13-23-6-8-39-23/h3-4,9-12,23H,5-8,13-16,32H2,1-2H3/b36-18+/t23-/m0/s1. The molecule has 6 rings (SSSR count). The van der Waals surface area contributed by atoms with Gasteiger partial charge in [0.2, 0.25) is 5.88 Å². The van der Waals surface area contributed by atoms with Crippen molar-refractivity contribution in [3.05, 3.63) is 81.1 Å². The van der Waals surface area contributed by atoms with E-state index in [9.17, 15) is 4.39 Å². The number of imidazole rings is 1. The molecule has 1 atom stereocenters. The number of ether oxygens (including phenoxy) is 2. The van der Waals surface area contributed by atoms with Crippen LogP contribution in [0.3, 0.4) is 0 Å². The van der Waals surface area contributed by atoms with Crippen molar-refractivity contribution in [3.63, 3.8) is 0 Å². The first-order valence-corrected chi connectivity index (χ1v) is 13.8. The van der Waals surface area contributed by atoms with Gasteiger partial charge in [-0.25, -0.2) is 19.3 Å². The number of fused-ring (bicyclic) bond motifs is 2. The Morgan fingerprint density at radius 3 is 2.88 bits per heavy atom. The van der Waals surface area contributed by atoms with E-state index in [4.69, 9.17) is 41.9 Å². The summed E-state index contributed by atoms with van der Waals surface area (Å²) in [5, 5.41) is 4.16. The van der Waals surface area contributed by atoms with Gasteiger partial charge in [0.15, 0.2) is 5.65 Å². The molecule has 9 nitrogen and oxygen atoms in total. The van der Waals surface area contributed by atoms with Crippen LogP contribution < -0.4 is 10.6 Å². The highest BCUT2D eigenvalue weighted by atomic mass is 35.5. The van der Waals surface area contributed by atoms with Crippen LogP contribution in [0, 0.1) is 12.7 Å². The predicted molar refractivity (Wildman–Crippen MR) is 151 cm³/mol. The second kappa shape index (κ2) is 11.1. The molecule has 2 aliphatic heterocycles. The van der Waals surface area contributed by atoms with Gasteiger partial charge in [0.1, 0.15) is 23.8 Å². The van der Waals surface area contributed by atoms with Gasteiger partial charge in [-0.1, -0.05) is 17.7 Å². The number of benzene rings is 1. The number of hydrogen-bond acceptors (Lipinski definition) is 8. The molecule has 2 N–H and O–H groups in total. The van der Waals surface area contributed by atoms with Gasteiger partial charge in [0.25, 0.3) is 0 Å². The van der Waals surface area contributed by atoms with Crippen molar-refractivity contribution in [2.24, 2.45) is 10.9 Å². The van der Waals surface area contributed by atoms with Crippen molar-refractivity contribution in [1.29, 1.82) is 0 Å². The molecule has 0 aliphatic carbocycles. The van der Waals surface area contributed by atoms with Crippen molar-refractivity contribution < 1.29 is 13.9 Å². The molecule has 0 bridgehead atoms. The Morgan fingerprint density at radius 1 is 1.27 bits per heavy atom. The summed E-state index contributed by atoms with van der Waals surface area (Å²) in [4.78, 5) is 16.9. The number of hydrazone groups is 1. The molecule has 0 unspecified atom stereocenters. The Morgan fingerprint density at radius 2 is 2.12 bits per heavy atom. The second-order valence-electron chi connectivity index (χ2n) is 10.4. The molecule has 5 heterocycles. The Balaban J connectivity index is 1.23. The van der Waals surface area contributed by atoms with Gasteiger partial charge in [-0.05, 0) is 56.5 Å². The third kappa shape index (κ3) is 5.39. The number of hydrogen-bond donors (Lipinski definition) is 1.